The Balaban J connectivity index is 1.92. The number of nitrogens with zero attached hydrogens (tertiary/aromatic N) is 3. The van der Waals surface area contributed by atoms with Crippen molar-refractivity contribution in [2.45, 2.75) is 32.0 Å². The molecule has 0 saturated carbocycles. The summed E-state index contributed by atoms with van der Waals surface area (Å²) in [7, 11) is -2.86. The average molecular weight is 266 g/mol. The smallest absolute Gasteiger partial charge is 0.167 e. The quantitative estimate of drug-likeness (QED) is 0.779. The zero-order chi connectivity index (χ0) is 12.8. The van der Waals surface area contributed by atoms with Crippen molar-refractivity contribution in [2.75, 3.05) is 11.5 Å². The van der Waals surface area contributed by atoms with Crippen molar-refractivity contribution in [1.29, 1.82) is 5.26 Å². The SMILES string of the molecule is N#Cc1nn(C2CCS(=O)(=O)CC2)c2c1CNC2. The highest BCUT2D eigenvalue weighted by molar-refractivity contribution is 7.91. The molecular formula is C11H14N4O2S. The first-order chi connectivity index (χ1) is 8.61. The second-order valence-electron chi connectivity index (χ2n) is 4.82. The molecule has 0 bridgehead atoms. The van der Waals surface area contributed by atoms with Crippen LogP contribution in [0.25, 0.3) is 0 Å². The molecule has 0 aliphatic carbocycles. The third-order valence-corrected chi connectivity index (χ3v) is 5.40. The minimum absolute atomic E-state index is 0.115. The lowest BCUT2D eigenvalue weighted by Crippen LogP contribution is -2.27. The molecule has 6 nitrogen and oxygen atoms in total. The normalized spacial score (nSPS) is 22.6. The van der Waals surface area contributed by atoms with E-state index in [0.717, 1.165) is 11.3 Å². The van der Waals surface area contributed by atoms with Crippen LogP contribution in [0.15, 0.2) is 0 Å². The number of hydrogen-bond acceptors (Lipinski definition) is 5. The number of sulfone groups is 1. The lowest BCUT2D eigenvalue weighted by Gasteiger charge is -2.23. The molecule has 96 valence electrons. The summed E-state index contributed by atoms with van der Waals surface area (Å²) < 4.78 is 24.7. The molecule has 0 amide bonds. The summed E-state index contributed by atoms with van der Waals surface area (Å²) in [6.07, 6.45) is 1.20. The maximum absolute atomic E-state index is 11.4. The highest BCUT2D eigenvalue weighted by Gasteiger charge is 2.30. The van der Waals surface area contributed by atoms with Crippen LogP contribution in [-0.2, 0) is 22.9 Å². The molecular weight excluding hydrogens is 252 g/mol. The van der Waals surface area contributed by atoms with Crippen molar-refractivity contribution in [1.82, 2.24) is 15.1 Å². The van der Waals surface area contributed by atoms with E-state index in [2.05, 4.69) is 16.5 Å². The molecule has 0 unspecified atom stereocenters. The Hall–Kier alpha value is -1.39. The van der Waals surface area contributed by atoms with Crippen molar-refractivity contribution in [2.24, 2.45) is 0 Å². The lowest BCUT2D eigenvalue weighted by molar-refractivity contribution is 0.399. The minimum Gasteiger partial charge on any atom is -0.307 e. The van der Waals surface area contributed by atoms with Crippen molar-refractivity contribution < 1.29 is 8.42 Å². The van der Waals surface area contributed by atoms with Gasteiger partial charge in [-0.25, -0.2) is 8.42 Å². The van der Waals surface area contributed by atoms with E-state index in [1.54, 1.807) is 0 Å². The van der Waals surface area contributed by atoms with Crippen molar-refractivity contribution in [3.63, 3.8) is 0 Å². The number of nitriles is 1. The Labute approximate surface area is 106 Å². The molecule has 2 aliphatic heterocycles. The van der Waals surface area contributed by atoms with Crippen LogP contribution in [-0.4, -0.2) is 29.7 Å². The number of nitrogens with one attached hydrogen (secondary N) is 1. The minimum atomic E-state index is -2.86. The number of rotatable bonds is 1. The summed E-state index contributed by atoms with van der Waals surface area (Å²) in [6.45, 7) is 1.40. The van der Waals surface area contributed by atoms with Gasteiger partial charge in [-0.05, 0) is 12.8 Å². The average Bonchev–Trinajstić information content (AvgIpc) is 2.90. The van der Waals surface area contributed by atoms with Gasteiger partial charge in [-0.15, -0.1) is 0 Å². The summed E-state index contributed by atoms with van der Waals surface area (Å²) in [4.78, 5) is 0. The van der Waals surface area contributed by atoms with Crippen LogP contribution in [0.1, 0.15) is 35.8 Å². The third kappa shape index (κ3) is 1.82. The highest BCUT2D eigenvalue weighted by Crippen LogP contribution is 2.29. The van der Waals surface area contributed by atoms with E-state index in [9.17, 15) is 8.42 Å². The van der Waals surface area contributed by atoms with Crippen molar-refractivity contribution >= 4 is 9.84 Å². The highest BCUT2D eigenvalue weighted by atomic mass is 32.2. The molecule has 1 fully saturated rings. The Kier molecular flexibility index (Phi) is 2.64. The van der Waals surface area contributed by atoms with E-state index in [0.29, 0.717) is 31.6 Å². The molecule has 0 spiro atoms. The molecule has 1 N–H and O–H groups in total. The molecule has 1 aromatic heterocycles. The van der Waals surface area contributed by atoms with Gasteiger partial charge < -0.3 is 5.32 Å². The van der Waals surface area contributed by atoms with E-state index < -0.39 is 9.84 Å². The Morgan fingerprint density at radius 3 is 2.72 bits per heavy atom. The molecule has 3 heterocycles. The summed E-state index contributed by atoms with van der Waals surface area (Å²) in [5.74, 6) is 0.448. The van der Waals surface area contributed by atoms with Crippen molar-refractivity contribution in [3.05, 3.63) is 17.0 Å². The summed E-state index contributed by atoms with van der Waals surface area (Å²) in [5, 5.41) is 16.6. The van der Waals surface area contributed by atoms with Gasteiger partial charge in [0, 0.05) is 18.7 Å². The molecule has 0 atom stereocenters. The molecule has 1 saturated heterocycles. The lowest BCUT2D eigenvalue weighted by atomic mass is 10.1. The largest absolute Gasteiger partial charge is 0.307 e. The number of fused-ring (bicyclic) bond motifs is 1. The van der Waals surface area contributed by atoms with Crippen LogP contribution in [0.5, 0.6) is 0 Å². The van der Waals surface area contributed by atoms with E-state index in [1.807, 2.05) is 4.68 Å². The van der Waals surface area contributed by atoms with Crippen LogP contribution in [0.3, 0.4) is 0 Å². The monoisotopic (exact) mass is 266 g/mol. The first-order valence-corrected chi connectivity index (χ1v) is 7.84. The topological polar surface area (TPSA) is 87.8 Å². The van der Waals surface area contributed by atoms with Crippen LogP contribution in [0.4, 0.5) is 0 Å². The molecule has 1 aromatic rings. The zero-order valence-corrected chi connectivity index (χ0v) is 10.7. The van der Waals surface area contributed by atoms with Crippen LogP contribution in [0.2, 0.25) is 0 Å². The van der Waals surface area contributed by atoms with Gasteiger partial charge in [0.1, 0.15) is 15.9 Å². The van der Waals surface area contributed by atoms with Gasteiger partial charge in [0.2, 0.25) is 0 Å². The second kappa shape index (κ2) is 4.07. The number of hydrogen-bond donors (Lipinski definition) is 1. The van der Waals surface area contributed by atoms with Gasteiger partial charge in [0.25, 0.3) is 0 Å². The van der Waals surface area contributed by atoms with Gasteiger partial charge in [0.15, 0.2) is 5.69 Å². The first-order valence-electron chi connectivity index (χ1n) is 6.02. The molecule has 7 heteroatoms. The predicted octanol–water partition coefficient (Wildman–Crippen LogP) is 0.108. The van der Waals surface area contributed by atoms with Crippen molar-refractivity contribution in [3.8, 4) is 6.07 Å². The van der Waals surface area contributed by atoms with Crippen LogP contribution >= 0.6 is 0 Å². The molecule has 2 aliphatic rings. The van der Waals surface area contributed by atoms with Gasteiger partial charge in [-0.2, -0.15) is 10.4 Å². The van der Waals surface area contributed by atoms with Gasteiger partial charge in [0.05, 0.1) is 23.2 Å². The molecule has 0 aromatic carbocycles. The zero-order valence-electron chi connectivity index (χ0n) is 9.89. The maximum atomic E-state index is 11.4. The van der Waals surface area contributed by atoms with Gasteiger partial charge in [-0.3, -0.25) is 4.68 Å². The summed E-state index contributed by atoms with van der Waals surface area (Å²) in [6, 6.07) is 2.23. The Bertz CT molecular complexity index is 612. The van der Waals surface area contributed by atoms with E-state index in [4.69, 9.17) is 5.26 Å². The fraction of sp³-hybridized carbons (Fsp3) is 0.636. The fourth-order valence-electron chi connectivity index (χ4n) is 2.70. The van der Waals surface area contributed by atoms with Gasteiger partial charge in [-0.1, -0.05) is 0 Å². The maximum Gasteiger partial charge on any atom is 0.167 e. The number of aromatic nitrogens is 2. The predicted molar refractivity (Wildman–Crippen MR) is 64.4 cm³/mol. The first kappa shape index (κ1) is 11.7. The second-order valence-corrected chi connectivity index (χ2v) is 7.12. The standard InChI is InChI=1S/C11H14N4O2S/c12-5-10-9-6-13-7-11(9)15(14-10)8-1-3-18(16,17)4-2-8/h8,13H,1-4,6-7H2. The van der Waals surface area contributed by atoms with Crippen LogP contribution in [0, 0.1) is 11.3 Å². The fourth-order valence-corrected chi connectivity index (χ4v) is 4.16. The summed E-state index contributed by atoms with van der Waals surface area (Å²) >= 11 is 0. The van der Waals surface area contributed by atoms with E-state index in [1.165, 1.54) is 0 Å². The third-order valence-electron chi connectivity index (χ3n) is 3.69. The molecule has 18 heavy (non-hydrogen) atoms. The Morgan fingerprint density at radius 2 is 2.06 bits per heavy atom. The Morgan fingerprint density at radius 1 is 1.33 bits per heavy atom. The molecule has 3 rings (SSSR count). The van der Waals surface area contributed by atoms with Gasteiger partial charge >= 0.3 is 0 Å². The van der Waals surface area contributed by atoms with E-state index in [-0.39, 0.29) is 17.5 Å². The van der Waals surface area contributed by atoms with E-state index >= 15 is 0 Å². The molecule has 0 radical (unpaired) electrons. The van der Waals surface area contributed by atoms with Crippen LogP contribution < -0.4 is 5.32 Å². The summed E-state index contributed by atoms with van der Waals surface area (Å²) in [5.41, 5.74) is 2.50.